The van der Waals surface area contributed by atoms with Gasteiger partial charge in [0.05, 0.1) is 4.90 Å². The number of hydrogen-bond acceptors (Lipinski definition) is 4. The molecule has 168 valence electrons. The van der Waals surface area contributed by atoms with Gasteiger partial charge in [-0.05, 0) is 54.8 Å². The predicted octanol–water partition coefficient (Wildman–Crippen LogP) is 2.85. The van der Waals surface area contributed by atoms with Gasteiger partial charge in [0.1, 0.15) is 5.82 Å². The molecule has 1 amide bonds. The second-order valence-electron chi connectivity index (χ2n) is 8.04. The quantitative estimate of drug-likeness (QED) is 0.640. The van der Waals surface area contributed by atoms with Crippen molar-refractivity contribution in [3.05, 3.63) is 81.9 Å². The number of hydrogen-bond donors (Lipinski definition) is 1. The summed E-state index contributed by atoms with van der Waals surface area (Å²) in [6, 6.07) is 11.0. The molecule has 0 atom stereocenters. The van der Waals surface area contributed by atoms with Crippen LogP contribution < -0.4 is 5.32 Å². The molecule has 1 aliphatic rings. The summed E-state index contributed by atoms with van der Waals surface area (Å²) in [5, 5.41) is 7.15. The fourth-order valence-electron chi connectivity index (χ4n) is 3.85. The van der Waals surface area contributed by atoms with Gasteiger partial charge in [0.15, 0.2) is 5.69 Å². The second-order valence-corrected chi connectivity index (χ2v) is 9.98. The van der Waals surface area contributed by atoms with Crippen LogP contribution in [-0.4, -0.2) is 35.0 Å². The number of fused-ring (bicyclic) bond motifs is 1. The highest BCUT2D eigenvalue weighted by Crippen LogP contribution is 2.28. The Morgan fingerprint density at radius 2 is 1.84 bits per heavy atom. The van der Waals surface area contributed by atoms with E-state index >= 15 is 0 Å². The molecule has 0 radical (unpaired) electrons. The summed E-state index contributed by atoms with van der Waals surface area (Å²) in [7, 11) is -1.95. The number of sulfonamides is 1. The van der Waals surface area contributed by atoms with Crippen LogP contribution in [0.1, 0.15) is 38.4 Å². The summed E-state index contributed by atoms with van der Waals surface area (Å²) in [6.45, 7) is 4.43. The van der Waals surface area contributed by atoms with Crippen LogP contribution in [0.3, 0.4) is 0 Å². The second kappa shape index (κ2) is 8.48. The SMILES string of the molecule is Cc1ccc(S(=O)(=O)N2CCc3c(c(C(=O)NCc4ccc(F)cc4)nn3C)C2)cc1C. The zero-order chi connectivity index (χ0) is 23.0. The zero-order valence-corrected chi connectivity index (χ0v) is 19.0. The van der Waals surface area contributed by atoms with Gasteiger partial charge in [-0.2, -0.15) is 9.40 Å². The number of carbonyl (C=O) groups is 1. The van der Waals surface area contributed by atoms with Gasteiger partial charge in [-0.25, -0.2) is 12.8 Å². The van der Waals surface area contributed by atoms with E-state index in [1.165, 1.54) is 16.4 Å². The van der Waals surface area contributed by atoms with E-state index in [-0.39, 0.29) is 29.5 Å². The lowest BCUT2D eigenvalue weighted by Gasteiger charge is -2.27. The van der Waals surface area contributed by atoms with Crippen LogP contribution in [-0.2, 0) is 36.6 Å². The van der Waals surface area contributed by atoms with Crippen molar-refractivity contribution in [1.29, 1.82) is 0 Å². The lowest BCUT2D eigenvalue weighted by molar-refractivity contribution is 0.0943. The zero-order valence-electron chi connectivity index (χ0n) is 18.2. The van der Waals surface area contributed by atoms with E-state index in [1.54, 1.807) is 42.1 Å². The van der Waals surface area contributed by atoms with Crippen LogP contribution in [0.15, 0.2) is 47.4 Å². The summed E-state index contributed by atoms with van der Waals surface area (Å²) < 4.78 is 42.6. The molecule has 1 aliphatic heterocycles. The Hall–Kier alpha value is -3.04. The van der Waals surface area contributed by atoms with E-state index in [0.717, 1.165) is 22.4 Å². The first-order valence-corrected chi connectivity index (χ1v) is 11.8. The molecular formula is C23H25FN4O3S. The summed E-state index contributed by atoms with van der Waals surface area (Å²) in [6.07, 6.45) is 0.466. The Morgan fingerprint density at radius 3 is 2.53 bits per heavy atom. The van der Waals surface area contributed by atoms with E-state index in [0.29, 0.717) is 18.5 Å². The van der Waals surface area contributed by atoms with E-state index in [1.807, 2.05) is 13.8 Å². The Bertz CT molecular complexity index is 1280. The van der Waals surface area contributed by atoms with E-state index in [2.05, 4.69) is 10.4 Å². The van der Waals surface area contributed by atoms with Gasteiger partial charge < -0.3 is 5.32 Å². The molecule has 4 rings (SSSR count). The van der Waals surface area contributed by atoms with Crippen LogP contribution in [0.5, 0.6) is 0 Å². The summed E-state index contributed by atoms with van der Waals surface area (Å²) in [4.78, 5) is 13.1. The number of aromatic nitrogens is 2. The van der Waals surface area contributed by atoms with Gasteiger partial charge in [-0.3, -0.25) is 9.48 Å². The molecule has 1 N–H and O–H groups in total. The maximum absolute atomic E-state index is 13.3. The molecule has 9 heteroatoms. The number of benzene rings is 2. The third-order valence-electron chi connectivity index (χ3n) is 5.90. The smallest absolute Gasteiger partial charge is 0.272 e. The molecule has 0 spiro atoms. The van der Waals surface area contributed by atoms with Crippen molar-refractivity contribution in [2.45, 2.75) is 38.3 Å². The topological polar surface area (TPSA) is 84.3 Å². The minimum atomic E-state index is -3.71. The minimum absolute atomic E-state index is 0.0811. The number of aryl methyl sites for hydroxylation is 3. The minimum Gasteiger partial charge on any atom is -0.347 e. The molecule has 0 saturated carbocycles. The van der Waals surface area contributed by atoms with Gasteiger partial charge in [-0.15, -0.1) is 0 Å². The third kappa shape index (κ3) is 4.18. The molecule has 2 aromatic carbocycles. The summed E-state index contributed by atoms with van der Waals surface area (Å²) in [5.74, 6) is -0.736. The molecule has 0 fully saturated rings. The Labute approximate surface area is 186 Å². The molecular weight excluding hydrogens is 431 g/mol. The van der Waals surface area contributed by atoms with Crippen molar-refractivity contribution in [2.24, 2.45) is 7.05 Å². The molecule has 2 heterocycles. The summed E-state index contributed by atoms with van der Waals surface area (Å²) >= 11 is 0. The largest absolute Gasteiger partial charge is 0.347 e. The average Bonchev–Trinajstić information content (AvgIpc) is 3.11. The number of nitrogens with zero attached hydrogens (tertiary/aromatic N) is 3. The number of halogens is 1. The normalized spacial score (nSPS) is 14.2. The van der Waals surface area contributed by atoms with Crippen LogP contribution >= 0.6 is 0 Å². The first kappa shape index (κ1) is 22.2. The highest BCUT2D eigenvalue weighted by Gasteiger charge is 2.33. The molecule has 1 aromatic heterocycles. The van der Waals surface area contributed by atoms with Crippen molar-refractivity contribution >= 4 is 15.9 Å². The monoisotopic (exact) mass is 456 g/mol. The van der Waals surface area contributed by atoms with Crippen molar-refractivity contribution in [3.63, 3.8) is 0 Å². The van der Waals surface area contributed by atoms with Crippen molar-refractivity contribution in [3.8, 4) is 0 Å². The number of nitrogens with one attached hydrogen (secondary N) is 1. The lowest BCUT2D eigenvalue weighted by atomic mass is 10.1. The van der Waals surface area contributed by atoms with Crippen LogP contribution in [0.4, 0.5) is 4.39 Å². The van der Waals surface area contributed by atoms with Crippen LogP contribution in [0, 0.1) is 19.7 Å². The van der Waals surface area contributed by atoms with E-state index in [4.69, 9.17) is 0 Å². The lowest BCUT2D eigenvalue weighted by Crippen LogP contribution is -2.37. The first-order valence-electron chi connectivity index (χ1n) is 10.3. The molecule has 32 heavy (non-hydrogen) atoms. The van der Waals surface area contributed by atoms with Crippen molar-refractivity contribution in [2.75, 3.05) is 6.54 Å². The molecule has 7 nitrogen and oxygen atoms in total. The third-order valence-corrected chi connectivity index (χ3v) is 7.75. The maximum atomic E-state index is 13.3. The average molecular weight is 457 g/mol. The van der Waals surface area contributed by atoms with Crippen LogP contribution in [0.2, 0.25) is 0 Å². The Morgan fingerprint density at radius 1 is 1.12 bits per heavy atom. The maximum Gasteiger partial charge on any atom is 0.272 e. The van der Waals surface area contributed by atoms with Gasteiger partial charge in [0.2, 0.25) is 10.0 Å². The number of carbonyl (C=O) groups excluding carboxylic acids is 1. The Kier molecular flexibility index (Phi) is 5.87. The van der Waals surface area contributed by atoms with Crippen molar-refractivity contribution < 1.29 is 17.6 Å². The van der Waals surface area contributed by atoms with Crippen molar-refractivity contribution in [1.82, 2.24) is 19.4 Å². The van der Waals surface area contributed by atoms with E-state index < -0.39 is 15.9 Å². The van der Waals surface area contributed by atoms with Gasteiger partial charge in [-0.1, -0.05) is 18.2 Å². The molecule has 0 aliphatic carbocycles. The fraction of sp³-hybridized carbons (Fsp3) is 0.304. The molecule has 3 aromatic rings. The standard InChI is InChI=1S/C23H25FN4O3S/c1-15-4-9-19(12-16(15)2)32(30,31)28-11-10-21-20(14-28)22(26-27(21)3)23(29)25-13-17-5-7-18(24)8-6-17/h4-9,12H,10-11,13-14H2,1-3H3,(H,25,29). The number of amides is 1. The number of rotatable bonds is 5. The van der Waals surface area contributed by atoms with Gasteiger partial charge >= 0.3 is 0 Å². The first-order chi connectivity index (χ1) is 15.2. The van der Waals surface area contributed by atoms with E-state index in [9.17, 15) is 17.6 Å². The highest BCUT2D eigenvalue weighted by atomic mass is 32.2. The Balaban J connectivity index is 1.56. The summed E-state index contributed by atoms with van der Waals surface area (Å²) in [5.41, 5.74) is 4.36. The van der Waals surface area contributed by atoms with Gasteiger partial charge in [0, 0.05) is 44.4 Å². The molecule has 0 saturated heterocycles. The van der Waals surface area contributed by atoms with Gasteiger partial charge in [0.25, 0.3) is 5.91 Å². The highest BCUT2D eigenvalue weighted by molar-refractivity contribution is 7.89. The predicted molar refractivity (Wildman–Crippen MR) is 118 cm³/mol. The van der Waals surface area contributed by atoms with Crippen LogP contribution in [0.25, 0.3) is 0 Å². The molecule has 0 bridgehead atoms. The molecule has 0 unspecified atom stereocenters. The fourth-order valence-corrected chi connectivity index (χ4v) is 5.34.